The summed E-state index contributed by atoms with van der Waals surface area (Å²) in [6.45, 7) is 1.78. The van der Waals surface area contributed by atoms with E-state index in [-0.39, 0.29) is 11.7 Å². The van der Waals surface area contributed by atoms with Crippen LogP contribution in [0.5, 0.6) is 0 Å². The first-order valence-electron chi connectivity index (χ1n) is 4.46. The molecule has 0 aliphatic carbocycles. The lowest BCUT2D eigenvalue weighted by molar-refractivity contribution is -0.118. The Balaban J connectivity index is 2.67. The van der Waals surface area contributed by atoms with Gasteiger partial charge >= 0.3 is 0 Å². The number of benzene rings is 1. The van der Waals surface area contributed by atoms with E-state index in [1.165, 1.54) is 13.0 Å². The van der Waals surface area contributed by atoms with Crippen LogP contribution in [0, 0.1) is 5.82 Å². The molecule has 0 unspecified atom stereocenters. The van der Waals surface area contributed by atoms with E-state index in [0.717, 1.165) is 0 Å². The molecule has 4 heteroatoms. The van der Waals surface area contributed by atoms with Crippen LogP contribution >= 0.6 is 11.6 Å². The molecule has 1 amide bonds. The minimum absolute atomic E-state index is 0.126. The van der Waals surface area contributed by atoms with Crippen molar-refractivity contribution in [3.8, 4) is 0 Å². The van der Waals surface area contributed by atoms with Crippen molar-refractivity contribution >= 4 is 23.6 Å². The molecule has 0 saturated carbocycles. The van der Waals surface area contributed by atoms with E-state index in [2.05, 4.69) is 5.32 Å². The molecule has 0 bridgehead atoms. The molecule has 0 aliphatic rings. The topological polar surface area (TPSA) is 29.1 Å². The first-order chi connectivity index (χ1) is 7.11. The summed E-state index contributed by atoms with van der Waals surface area (Å²) in [6, 6.07) is 4.50. The quantitative estimate of drug-likeness (QED) is 0.845. The van der Waals surface area contributed by atoms with Crippen molar-refractivity contribution in [1.29, 1.82) is 0 Å². The molecule has 1 rings (SSSR count). The number of carbonyl (C=O) groups excluding carboxylic acids is 1. The van der Waals surface area contributed by atoms with Gasteiger partial charge in [-0.25, -0.2) is 4.39 Å². The van der Waals surface area contributed by atoms with E-state index in [9.17, 15) is 9.18 Å². The second kappa shape index (κ2) is 5.51. The van der Waals surface area contributed by atoms with Gasteiger partial charge < -0.3 is 5.32 Å². The lowest BCUT2D eigenvalue weighted by Crippen LogP contribution is -2.19. The Bertz CT molecular complexity index is 370. The average molecular weight is 228 g/mol. The van der Waals surface area contributed by atoms with E-state index in [1.807, 2.05) is 0 Å². The normalized spacial score (nSPS) is 10.6. The third kappa shape index (κ3) is 3.72. The molecule has 0 saturated heterocycles. The first-order valence-corrected chi connectivity index (χ1v) is 4.84. The zero-order chi connectivity index (χ0) is 11.3. The zero-order valence-corrected chi connectivity index (χ0v) is 9.01. The number of halogens is 2. The largest absolute Gasteiger partial charge is 0.353 e. The maximum absolute atomic E-state index is 13.2. The lowest BCUT2D eigenvalue weighted by Gasteiger charge is -1.99. The molecule has 2 nitrogen and oxygen atoms in total. The Hall–Kier alpha value is -1.35. The van der Waals surface area contributed by atoms with Gasteiger partial charge in [-0.15, -0.1) is 0 Å². The standard InChI is InChI=1S/C11H11ClFNO/c1-8(15)14-7-3-4-9-10(12)5-2-6-11(9)13/h2-6H,7H2,1H3,(H,14,15). The molecule has 1 N–H and O–H groups in total. The summed E-state index contributed by atoms with van der Waals surface area (Å²) in [4.78, 5) is 10.5. The predicted octanol–water partition coefficient (Wildman–Crippen LogP) is 2.63. The summed E-state index contributed by atoms with van der Waals surface area (Å²) in [5, 5.41) is 2.92. The fourth-order valence-electron chi connectivity index (χ4n) is 1.05. The summed E-state index contributed by atoms with van der Waals surface area (Å²) < 4.78 is 13.2. The minimum atomic E-state index is -0.374. The van der Waals surface area contributed by atoms with Gasteiger partial charge in [0.05, 0.1) is 5.02 Å². The number of amides is 1. The van der Waals surface area contributed by atoms with Gasteiger partial charge in [-0.2, -0.15) is 0 Å². The number of rotatable bonds is 3. The van der Waals surface area contributed by atoms with Crippen LogP contribution in [0.4, 0.5) is 4.39 Å². The Labute approximate surface area is 92.7 Å². The van der Waals surface area contributed by atoms with Crippen LogP contribution in [0.1, 0.15) is 12.5 Å². The summed E-state index contributed by atoms with van der Waals surface area (Å²) in [7, 11) is 0. The smallest absolute Gasteiger partial charge is 0.217 e. The molecule has 15 heavy (non-hydrogen) atoms. The van der Waals surface area contributed by atoms with E-state index in [1.54, 1.807) is 24.3 Å². The number of hydrogen-bond acceptors (Lipinski definition) is 1. The highest BCUT2D eigenvalue weighted by molar-refractivity contribution is 6.32. The highest BCUT2D eigenvalue weighted by atomic mass is 35.5. The summed E-state index contributed by atoms with van der Waals surface area (Å²) >= 11 is 5.79. The van der Waals surface area contributed by atoms with Gasteiger partial charge in [0.25, 0.3) is 0 Å². The Morgan fingerprint density at radius 3 is 2.93 bits per heavy atom. The van der Waals surface area contributed by atoms with Crippen molar-refractivity contribution < 1.29 is 9.18 Å². The first kappa shape index (κ1) is 11.7. The second-order valence-electron chi connectivity index (χ2n) is 2.97. The maximum atomic E-state index is 13.2. The van der Waals surface area contributed by atoms with Gasteiger partial charge in [0.15, 0.2) is 0 Å². The predicted molar refractivity (Wildman–Crippen MR) is 59.1 cm³/mol. The highest BCUT2D eigenvalue weighted by Gasteiger charge is 2.01. The third-order valence-electron chi connectivity index (χ3n) is 1.75. The van der Waals surface area contributed by atoms with Crippen molar-refractivity contribution in [2.24, 2.45) is 0 Å². The molecule has 0 aliphatic heterocycles. The Kier molecular flexibility index (Phi) is 4.31. The van der Waals surface area contributed by atoms with Gasteiger partial charge in [0, 0.05) is 19.0 Å². The fourth-order valence-corrected chi connectivity index (χ4v) is 1.28. The van der Waals surface area contributed by atoms with Gasteiger partial charge in [0.1, 0.15) is 5.82 Å². The minimum Gasteiger partial charge on any atom is -0.353 e. The molecule has 0 aromatic heterocycles. The molecule has 0 heterocycles. The molecular formula is C11H11ClFNO. The number of nitrogens with one attached hydrogen (secondary N) is 1. The van der Waals surface area contributed by atoms with Gasteiger partial charge in [-0.1, -0.05) is 29.8 Å². The Morgan fingerprint density at radius 2 is 2.33 bits per heavy atom. The van der Waals surface area contributed by atoms with Crippen LogP contribution in [0.25, 0.3) is 6.08 Å². The molecule has 0 fully saturated rings. The van der Waals surface area contributed by atoms with Crippen molar-refractivity contribution in [1.82, 2.24) is 5.32 Å². The van der Waals surface area contributed by atoms with Gasteiger partial charge in [-0.3, -0.25) is 4.79 Å². The van der Waals surface area contributed by atoms with Crippen LogP contribution in [0.2, 0.25) is 5.02 Å². The van der Waals surface area contributed by atoms with Crippen molar-refractivity contribution in [2.75, 3.05) is 6.54 Å². The third-order valence-corrected chi connectivity index (χ3v) is 2.08. The van der Waals surface area contributed by atoms with Crippen LogP contribution < -0.4 is 5.32 Å². The zero-order valence-electron chi connectivity index (χ0n) is 8.26. The molecule has 0 radical (unpaired) electrons. The second-order valence-corrected chi connectivity index (χ2v) is 3.38. The fraction of sp³-hybridized carbons (Fsp3) is 0.182. The molecule has 80 valence electrons. The highest BCUT2D eigenvalue weighted by Crippen LogP contribution is 2.19. The van der Waals surface area contributed by atoms with Gasteiger partial charge in [-0.05, 0) is 12.1 Å². The molecule has 0 atom stereocenters. The van der Waals surface area contributed by atoms with Crippen molar-refractivity contribution in [3.05, 3.63) is 40.7 Å². The number of carbonyl (C=O) groups is 1. The SMILES string of the molecule is CC(=O)NCC=Cc1c(F)cccc1Cl. The molecular weight excluding hydrogens is 217 g/mol. The summed E-state index contributed by atoms with van der Waals surface area (Å²) in [5.41, 5.74) is 0.338. The van der Waals surface area contributed by atoms with Crippen molar-refractivity contribution in [2.45, 2.75) is 6.92 Å². The Morgan fingerprint density at radius 1 is 1.60 bits per heavy atom. The molecule has 1 aromatic carbocycles. The van der Waals surface area contributed by atoms with Crippen molar-refractivity contribution in [3.63, 3.8) is 0 Å². The van der Waals surface area contributed by atoms with E-state index < -0.39 is 0 Å². The summed E-state index contributed by atoms with van der Waals surface area (Å²) in [5.74, 6) is -0.499. The van der Waals surface area contributed by atoms with Crippen LogP contribution in [0.15, 0.2) is 24.3 Å². The average Bonchev–Trinajstić information content (AvgIpc) is 2.15. The van der Waals surface area contributed by atoms with Crippen LogP contribution in [0.3, 0.4) is 0 Å². The molecule has 1 aromatic rings. The van der Waals surface area contributed by atoms with E-state index >= 15 is 0 Å². The van der Waals surface area contributed by atoms with Crippen LogP contribution in [-0.2, 0) is 4.79 Å². The lowest BCUT2D eigenvalue weighted by atomic mass is 10.2. The molecule has 0 spiro atoms. The van der Waals surface area contributed by atoms with E-state index in [4.69, 9.17) is 11.6 Å². The van der Waals surface area contributed by atoms with Gasteiger partial charge in [0.2, 0.25) is 5.91 Å². The monoisotopic (exact) mass is 227 g/mol. The maximum Gasteiger partial charge on any atom is 0.217 e. The van der Waals surface area contributed by atoms with E-state index in [0.29, 0.717) is 17.1 Å². The van der Waals surface area contributed by atoms with Crippen LogP contribution in [-0.4, -0.2) is 12.5 Å². The summed E-state index contributed by atoms with van der Waals surface area (Å²) in [6.07, 6.45) is 3.19. The number of hydrogen-bond donors (Lipinski definition) is 1.